The first-order chi connectivity index (χ1) is 7.70. The van der Waals surface area contributed by atoms with Crippen molar-refractivity contribution < 1.29 is 13.5 Å². The zero-order valence-electron chi connectivity index (χ0n) is 8.46. The van der Waals surface area contributed by atoms with Crippen molar-refractivity contribution in [1.82, 2.24) is 5.32 Å². The lowest BCUT2D eigenvalue weighted by Crippen LogP contribution is -2.20. The van der Waals surface area contributed by atoms with Crippen LogP contribution >= 0.6 is 0 Å². The highest BCUT2D eigenvalue weighted by Crippen LogP contribution is 2.23. The number of benzene rings is 1. The molecule has 0 saturated carbocycles. The Bertz CT molecular complexity index is 436. The number of ether oxygens (including phenoxy) is 1. The van der Waals surface area contributed by atoms with Crippen molar-refractivity contribution in [1.29, 1.82) is 5.26 Å². The fraction of sp³-hybridized carbons (Fsp3) is 0.364. The molecule has 0 bridgehead atoms. The summed E-state index contributed by atoms with van der Waals surface area (Å²) in [4.78, 5) is 0. The number of nitrogens with zero attached hydrogens (tertiary/aromatic N) is 1. The molecule has 0 radical (unpaired) electrons. The van der Waals surface area contributed by atoms with E-state index in [0.717, 1.165) is 25.1 Å². The lowest BCUT2D eigenvalue weighted by molar-refractivity contribution is 0.212. The van der Waals surface area contributed by atoms with Crippen molar-refractivity contribution in [2.75, 3.05) is 13.1 Å². The van der Waals surface area contributed by atoms with Gasteiger partial charge in [0.05, 0.1) is 5.56 Å². The Hall–Kier alpha value is -1.67. The highest BCUT2D eigenvalue weighted by atomic mass is 19.1. The summed E-state index contributed by atoms with van der Waals surface area (Å²) in [5, 5.41) is 11.6. The van der Waals surface area contributed by atoms with Crippen LogP contribution in [0.25, 0.3) is 0 Å². The molecule has 3 nitrogen and oxygen atoms in total. The molecule has 0 aliphatic carbocycles. The molecule has 1 aromatic carbocycles. The summed E-state index contributed by atoms with van der Waals surface area (Å²) in [5.41, 5.74) is -0.311. The predicted molar refractivity (Wildman–Crippen MR) is 53.0 cm³/mol. The molecule has 16 heavy (non-hydrogen) atoms. The van der Waals surface area contributed by atoms with Gasteiger partial charge in [-0.05, 0) is 19.0 Å². The minimum absolute atomic E-state index is 0.134. The highest BCUT2D eigenvalue weighted by molar-refractivity contribution is 5.37. The molecule has 0 unspecified atom stereocenters. The summed E-state index contributed by atoms with van der Waals surface area (Å²) in [6.45, 7) is 1.44. The third-order valence-corrected chi connectivity index (χ3v) is 2.45. The average Bonchev–Trinajstić information content (AvgIpc) is 2.75. The highest BCUT2D eigenvalue weighted by Gasteiger charge is 2.19. The first kappa shape index (κ1) is 10.8. The standard InChI is InChI=1S/C11H10F2N2O/c12-9-4-11(10(13)3-7(9)5-14)16-8-1-2-15-6-8/h3-4,8,15H,1-2,6H2/t8-/m0/s1. The van der Waals surface area contributed by atoms with Crippen molar-refractivity contribution >= 4 is 0 Å². The predicted octanol–water partition coefficient (Wildman–Crippen LogP) is 1.58. The second kappa shape index (κ2) is 4.45. The summed E-state index contributed by atoms with van der Waals surface area (Å²) < 4.78 is 31.9. The van der Waals surface area contributed by atoms with Crippen LogP contribution in [0.3, 0.4) is 0 Å². The van der Waals surface area contributed by atoms with E-state index in [1.807, 2.05) is 0 Å². The van der Waals surface area contributed by atoms with E-state index < -0.39 is 11.6 Å². The maximum absolute atomic E-state index is 13.4. The minimum Gasteiger partial charge on any atom is -0.486 e. The second-order valence-corrected chi connectivity index (χ2v) is 3.61. The van der Waals surface area contributed by atoms with Gasteiger partial charge in [0.1, 0.15) is 18.0 Å². The summed E-state index contributed by atoms with van der Waals surface area (Å²) in [5.74, 6) is -1.60. The zero-order chi connectivity index (χ0) is 11.5. The van der Waals surface area contributed by atoms with Gasteiger partial charge in [0.15, 0.2) is 11.6 Å². The molecule has 1 aliphatic heterocycles. The Labute approximate surface area is 91.6 Å². The number of nitrogens with one attached hydrogen (secondary N) is 1. The molecule has 0 amide bonds. The molecule has 84 valence electrons. The Morgan fingerprint density at radius 2 is 2.19 bits per heavy atom. The van der Waals surface area contributed by atoms with Gasteiger partial charge in [-0.2, -0.15) is 5.26 Å². The first-order valence-corrected chi connectivity index (χ1v) is 4.97. The number of hydrogen-bond acceptors (Lipinski definition) is 3. The third-order valence-electron chi connectivity index (χ3n) is 2.45. The number of hydrogen-bond donors (Lipinski definition) is 1. The normalized spacial score (nSPS) is 19.4. The average molecular weight is 224 g/mol. The molecule has 2 rings (SSSR count). The maximum atomic E-state index is 13.4. The SMILES string of the molecule is N#Cc1cc(F)c(O[C@H]2CCNC2)cc1F. The molecule has 1 fully saturated rings. The van der Waals surface area contributed by atoms with E-state index in [4.69, 9.17) is 10.00 Å². The second-order valence-electron chi connectivity index (χ2n) is 3.61. The Morgan fingerprint density at radius 1 is 1.38 bits per heavy atom. The van der Waals surface area contributed by atoms with Crippen LogP contribution < -0.4 is 10.1 Å². The molecule has 5 heteroatoms. The molecule has 1 saturated heterocycles. The van der Waals surface area contributed by atoms with E-state index in [2.05, 4.69) is 5.32 Å². The molecular weight excluding hydrogens is 214 g/mol. The molecule has 1 aromatic rings. The molecular formula is C11H10F2N2O. The maximum Gasteiger partial charge on any atom is 0.166 e. The smallest absolute Gasteiger partial charge is 0.166 e. The fourth-order valence-corrected chi connectivity index (χ4v) is 1.61. The van der Waals surface area contributed by atoms with E-state index in [1.54, 1.807) is 6.07 Å². The van der Waals surface area contributed by atoms with E-state index in [-0.39, 0.29) is 17.4 Å². The lowest BCUT2D eigenvalue weighted by Gasteiger charge is -2.13. The Morgan fingerprint density at radius 3 is 2.81 bits per heavy atom. The molecule has 1 aliphatic rings. The number of nitriles is 1. The van der Waals surface area contributed by atoms with Gasteiger partial charge in [-0.3, -0.25) is 0 Å². The van der Waals surface area contributed by atoms with Gasteiger partial charge in [0.25, 0.3) is 0 Å². The molecule has 0 spiro atoms. The first-order valence-electron chi connectivity index (χ1n) is 4.97. The van der Waals surface area contributed by atoms with Gasteiger partial charge in [-0.15, -0.1) is 0 Å². The van der Waals surface area contributed by atoms with Crippen molar-refractivity contribution in [3.8, 4) is 11.8 Å². The molecule has 1 N–H and O–H groups in total. The van der Waals surface area contributed by atoms with E-state index in [9.17, 15) is 8.78 Å². The van der Waals surface area contributed by atoms with Crippen LogP contribution in [0.15, 0.2) is 12.1 Å². The van der Waals surface area contributed by atoms with E-state index >= 15 is 0 Å². The number of rotatable bonds is 2. The summed E-state index contributed by atoms with van der Waals surface area (Å²) in [6, 6.07) is 3.35. The van der Waals surface area contributed by atoms with Crippen molar-refractivity contribution in [2.24, 2.45) is 0 Å². The third kappa shape index (κ3) is 2.12. The topological polar surface area (TPSA) is 45.0 Å². The molecule has 1 atom stereocenters. The summed E-state index contributed by atoms with van der Waals surface area (Å²) >= 11 is 0. The van der Waals surface area contributed by atoms with Crippen molar-refractivity contribution in [2.45, 2.75) is 12.5 Å². The van der Waals surface area contributed by atoms with Gasteiger partial charge < -0.3 is 10.1 Å². The monoisotopic (exact) mass is 224 g/mol. The summed E-state index contributed by atoms with van der Waals surface area (Å²) in [7, 11) is 0. The van der Waals surface area contributed by atoms with Crippen LogP contribution in [0.4, 0.5) is 8.78 Å². The van der Waals surface area contributed by atoms with Crippen LogP contribution in [0.2, 0.25) is 0 Å². The Kier molecular flexibility index (Phi) is 3.02. The molecule has 1 heterocycles. The Balaban J connectivity index is 2.21. The van der Waals surface area contributed by atoms with Crippen LogP contribution in [0.5, 0.6) is 5.75 Å². The van der Waals surface area contributed by atoms with E-state index in [1.165, 1.54) is 0 Å². The summed E-state index contributed by atoms with van der Waals surface area (Å²) in [6.07, 6.45) is 0.628. The lowest BCUT2D eigenvalue weighted by atomic mass is 10.2. The van der Waals surface area contributed by atoms with Gasteiger partial charge in [0, 0.05) is 12.6 Å². The van der Waals surface area contributed by atoms with Crippen LogP contribution in [0.1, 0.15) is 12.0 Å². The van der Waals surface area contributed by atoms with Crippen molar-refractivity contribution in [3.05, 3.63) is 29.3 Å². The largest absolute Gasteiger partial charge is 0.486 e. The van der Waals surface area contributed by atoms with Gasteiger partial charge in [0.2, 0.25) is 0 Å². The minimum atomic E-state index is -0.759. The van der Waals surface area contributed by atoms with Gasteiger partial charge in [-0.1, -0.05) is 0 Å². The van der Waals surface area contributed by atoms with Gasteiger partial charge in [-0.25, -0.2) is 8.78 Å². The van der Waals surface area contributed by atoms with E-state index in [0.29, 0.717) is 6.54 Å². The quantitative estimate of drug-likeness (QED) is 0.829. The number of halogens is 2. The van der Waals surface area contributed by atoms with Crippen LogP contribution in [-0.2, 0) is 0 Å². The zero-order valence-corrected chi connectivity index (χ0v) is 8.46. The van der Waals surface area contributed by atoms with Gasteiger partial charge >= 0.3 is 0 Å². The van der Waals surface area contributed by atoms with Crippen molar-refractivity contribution in [3.63, 3.8) is 0 Å². The van der Waals surface area contributed by atoms with Crippen LogP contribution in [-0.4, -0.2) is 19.2 Å². The fourth-order valence-electron chi connectivity index (χ4n) is 1.61. The van der Waals surface area contributed by atoms with Crippen LogP contribution in [0, 0.1) is 23.0 Å². The molecule has 0 aromatic heterocycles.